The molecular weight excluding hydrogens is 530 g/mol. The number of morpholine rings is 1. The van der Waals surface area contributed by atoms with Gasteiger partial charge in [-0.1, -0.05) is 29.4 Å². The van der Waals surface area contributed by atoms with E-state index in [2.05, 4.69) is 30.4 Å². The zero-order valence-electron chi connectivity index (χ0n) is 20.3. The largest absolute Gasteiger partial charge is 0.379 e. The van der Waals surface area contributed by atoms with Crippen molar-refractivity contribution < 1.29 is 9.53 Å². The van der Waals surface area contributed by atoms with Crippen molar-refractivity contribution in [2.45, 2.75) is 17.8 Å². The summed E-state index contributed by atoms with van der Waals surface area (Å²) in [5.41, 5.74) is 3.23. The van der Waals surface area contributed by atoms with Crippen molar-refractivity contribution in [1.29, 1.82) is 0 Å². The Morgan fingerprint density at radius 3 is 2.92 bits per heavy atom. The molecule has 3 aromatic heterocycles. The lowest BCUT2D eigenvalue weighted by Crippen LogP contribution is -2.41. The highest BCUT2D eigenvalue weighted by atomic mass is 35.5. The zero-order valence-corrected chi connectivity index (χ0v) is 22.7. The van der Waals surface area contributed by atoms with Gasteiger partial charge in [-0.25, -0.2) is 4.98 Å². The first kappa shape index (κ1) is 25.8. The molecule has 192 valence electrons. The molecule has 1 aromatic carbocycles. The Kier molecular flexibility index (Phi) is 8.47. The van der Waals surface area contributed by atoms with Gasteiger partial charge in [0.25, 0.3) is 5.91 Å². The maximum atomic E-state index is 12.6. The summed E-state index contributed by atoms with van der Waals surface area (Å²) in [4.78, 5) is 23.7. The molecule has 0 unspecified atom stereocenters. The van der Waals surface area contributed by atoms with Gasteiger partial charge in [0.15, 0.2) is 11.0 Å². The number of thiazole rings is 1. The number of nitrogens with zero attached hydrogens (tertiary/aromatic N) is 6. The molecule has 0 spiro atoms. The van der Waals surface area contributed by atoms with Crippen LogP contribution in [0, 0.1) is 6.92 Å². The Labute approximate surface area is 228 Å². The van der Waals surface area contributed by atoms with E-state index in [-0.39, 0.29) is 5.91 Å². The van der Waals surface area contributed by atoms with Crippen LogP contribution in [0.4, 0.5) is 0 Å². The molecule has 1 fully saturated rings. The zero-order chi connectivity index (χ0) is 25.6. The topological polar surface area (TPSA) is 98.1 Å². The fourth-order valence-corrected chi connectivity index (χ4v) is 5.84. The highest BCUT2D eigenvalue weighted by Crippen LogP contribution is 2.32. The minimum atomic E-state index is -0.155. The lowest BCUT2D eigenvalue weighted by atomic mass is 10.2. The molecule has 4 aromatic rings. The third-order valence-electron chi connectivity index (χ3n) is 5.89. The Balaban J connectivity index is 1.28. The van der Waals surface area contributed by atoms with Gasteiger partial charge in [-0.2, -0.15) is 0 Å². The number of halogens is 1. The van der Waals surface area contributed by atoms with Gasteiger partial charge in [0, 0.05) is 54.5 Å². The van der Waals surface area contributed by atoms with Gasteiger partial charge < -0.3 is 10.1 Å². The third-order valence-corrected chi connectivity index (χ3v) is 8.10. The van der Waals surface area contributed by atoms with Crippen LogP contribution >= 0.6 is 34.7 Å². The van der Waals surface area contributed by atoms with Crippen molar-refractivity contribution in [2.75, 3.05) is 39.4 Å². The van der Waals surface area contributed by atoms with Gasteiger partial charge in [-0.05, 0) is 36.8 Å². The van der Waals surface area contributed by atoms with E-state index in [1.807, 2.05) is 41.8 Å². The fourth-order valence-electron chi connectivity index (χ4n) is 3.94. The SMILES string of the molecule is Cc1ccc(Cl)cc1-n1c(SCc2nc(C(=O)NCCN3CCOCC3)cs2)nnc1-c1cccnc1. The quantitative estimate of drug-likeness (QED) is 0.308. The highest BCUT2D eigenvalue weighted by molar-refractivity contribution is 7.98. The number of benzene rings is 1. The molecular formula is C25H26ClN7O2S2. The predicted octanol–water partition coefficient (Wildman–Crippen LogP) is 4.10. The molecule has 12 heteroatoms. The number of aryl methyl sites for hydroxylation is 1. The van der Waals surface area contributed by atoms with E-state index in [1.54, 1.807) is 17.8 Å². The molecule has 0 aliphatic carbocycles. The van der Waals surface area contributed by atoms with Crippen molar-refractivity contribution in [3.8, 4) is 17.1 Å². The maximum absolute atomic E-state index is 12.6. The van der Waals surface area contributed by atoms with Crippen molar-refractivity contribution in [1.82, 2.24) is 34.9 Å². The van der Waals surface area contributed by atoms with E-state index in [0.717, 1.165) is 54.7 Å². The van der Waals surface area contributed by atoms with E-state index in [9.17, 15) is 4.79 Å². The molecule has 1 saturated heterocycles. The number of hydrogen-bond donors (Lipinski definition) is 1. The summed E-state index contributed by atoms with van der Waals surface area (Å²) in [5, 5.41) is 15.9. The van der Waals surface area contributed by atoms with Gasteiger partial charge in [0.1, 0.15) is 10.7 Å². The normalized spacial score (nSPS) is 14.1. The molecule has 1 N–H and O–H groups in total. The molecule has 4 heterocycles. The second-order valence-electron chi connectivity index (χ2n) is 8.44. The first-order chi connectivity index (χ1) is 18.1. The molecule has 0 atom stereocenters. The Bertz CT molecular complexity index is 1360. The van der Waals surface area contributed by atoms with Crippen molar-refractivity contribution in [3.05, 3.63) is 69.4 Å². The van der Waals surface area contributed by atoms with E-state index < -0.39 is 0 Å². The average molecular weight is 556 g/mol. The van der Waals surface area contributed by atoms with E-state index in [4.69, 9.17) is 16.3 Å². The van der Waals surface area contributed by atoms with Crippen LogP contribution in [-0.4, -0.2) is 74.9 Å². The lowest BCUT2D eigenvalue weighted by Gasteiger charge is -2.26. The summed E-state index contributed by atoms with van der Waals surface area (Å²) in [7, 11) is 0. The van der Waals surface area contributed by atoms with Crippen LogP contribution < -0.4 is 5.32 Å². The summed E-state index contributed by atoms with van der Waals surface area (Å²) in [5.74, 6) is 1.08. The second kappa shape index (κ2) is 12.1. The maximum Gasteiger partial charge on any atom is 0.270 e. The molecule has 9 nitrogen and oxygen atoms in total. The summed E-state index contributed by atoms with van der Waals surface area (Å²) in [6, 6.07) is 9.57. The standard InChI is InChI=1S/C25H26ClN7O2S2/c1-17-4-5-19(26)13-21(17)33-23(18-3-2-6-27-14-18)30-31-25(33)37-16-22-29-20(15-36-22)24(34)28-7-8-32-9-11-35-12-10-32/h2-6,13-15H,7-12,16H2,1H3,(H,28,34). The van der Waals surface area contributed by atoms with Crippen LogP contribution in [-0.2, 0) is 10.5 Å². The number of rotatable bonds is 9. The predicted molar refractivity (Wildman–Crippen MR) is 146 cm³/mol. The number of pyridine rings is 1. The van der Waals surface area contributed by atoms with Crippen LogP contribution in [0.5, 0.6) is 0 Å². The molecule has 0 radical (unpaired) electrons. The summed E-state index contributed by atoms with van der Waals surface area (Å²) < 4.78 is 7.36. The van der Waals surface area contributed by atoms with Crippen LogP contribution in [0.1, 0.15) is 21.1 Å². The van der Waals surface area contributed by atoms with Gasteiger partial charge in [0.05, 0.1) is 24.7 Å². The van der Waals surface area contributed by atoms with Crippen LogP contribution in [0.2, 0.25) is 5.02 Å². The van der Waals surface area contributed by atoms with Gasteiger partial charge in [0.2, 0.25) is 0 Å². The average Bonchev–Trinajstić information content (AvgIpc) is 3.57. The van der Waals surface area contributed by atoms with Crippen LogP contribution in [0.25, 0.3) is 17.1 Å². The molecule has 0 saturated carbocycles. The molecule has 1 aliphatic heterocycles. The number of hydrogen-bond acceptors (Lipinski definition) is 9. The number of nitrogens with one attached hydrogen (secondary N) is 1. The third kappa shape index (κ3) is 6.36. The van der Waals surface area contributed by atoms with Crippen molar-refractivity contribution in [3.63, 3.8) is 0 Å². The summed E-state index contributed by atoms with van der Waals surface area (Å²) in [6.45, 7) is 6.70. The lowest BCUT2D eigenvalue weighted by molar-refractivity contribution is 0.0383. The number of aromatic nitrogens is 5. The van der Waals surface area contributed by atoms with Crippen LogP contribution in [0.3, 0.4) is 0 Å². The molecule has 1 amide bonds. The Hall–Kier alpha value is -2.83. The van der Waals surface area contributed by atoms with E-state index in [0.29, 0.717) is 34.0 Å². The monoisotopic (exact) mass is 555 g/mol. The molecule has 0 bridgehead atoms. The first-order valence-electron chi connectivity index (χ1n) is 11.9. The number of thioether (sulfide) groups is 1. The Morgan fingerprint density at radius 2 is 2.11 bits per heavy atom. The minimum Gasteiger partial charge on any atom is -0.379 e. The number of amides is 1. The highest BCUT2D eigenvalue weighted by Gasteiger charge is 2.19. The number of carbonyl (C=O) groups excluding carboxylic acids is 1. The number of ether oxygens (including phenoxy) is 1. The van der Waals surface area contributed by atoms with Gasteiger partial charge >= 0.3 is 0 Å². The van der Waals surface area contributed by atoms with E-state index in [1.165, 1.54) is 23.1 Å². The molecule has 5 rings (SSSR count). The first-order valence-corrected chi connectivity index (χ1v) is 14.1. The molecule has 1 aliphatic rings. The molecule has 37 heavy (non-hydrogen) atoms. The fraction of sp³-hybridized carbons (Fsp3) is 0.320. The summed E-state index contributed by atoms with van der Waals surface area (Å²) >= 11 is 9.31. The van der Waals surface area contributed by atoms with E-state index >= 15 is 0 Å². The van der Waals surface area contributed by atoms with Crippen LogP contribution in [0.15, 0.2) is 53.3 Å². The minimum absolute atomic E-state index is 0.155. The van der Waals surface area contributed by atoms with Crippen molar-refractivity contribution >= 4 is 40.6 Å². The summed E-state index contributed by atoms with van der Waals surface area (Å²) in [6.07, 6.45) is 3.49. The second-order valence-corrected chi connectivity index (χ2v) is 10.8. The van der Waals surface area contributed by atoms with Gasteiger partial charge in [-0.15, -0.1) is 21.5 Å². The smallest absolute Gasteiger partial charge is 0.270 e. The number of carbonyl (C=O) groups is 1. The Morgan fingerprint density at radius 1 is 1.24 bits per heavy atom. The van der Waals surface area contributed by atoms with Crippen molar-refractivity contribution in [2.24, 2.45) is 0 Å². The van der Waals surface area contributed by atoms with Gasteiger partial charge in [-0.3, -0.25) is 19.2 Å².